The molecule has 1 amide bonds. The predicted octanol–water partition coefficient (Wildman–Crippen LogP) is 4.42. The van der Waals surface area contributed by atoms with Gasteiger partial charge >= 0.3 is 0 Å². The summed E-state index contributed by atoms with van der Waals surface area (Å²) in [6.07, 6.45) is 0.921. The molecule has 140 valence electrons. The predicted molar refractivity (Wildman–Crippen MR) is 108 cm³/mol. The third-order valence-corrected chi connectivity index (χ3v) is 5.88. The number of halogens is 2. The van der Waals surface area contributed by atoms with E-state index in [0.717, 1.165) is 53.5 Å². The lowest BCUT2D eigenvalue weighted by molar-refractivity contribution is 0.0755. The van der Waals surface area contributed by atoms with Crippen molar-refractivity contribution < 1.29 is 9.18 Å². The van der Waals surface area contributed by atoms with Crippen LogP contribution in [0.1, 0.15) is 22.5 Å². The fourth-order valence-corrected chi connectivity index (χ4v) is 4.21. The van der Waals surface area contributed by atoms with Crippen molar-refractivity contribution in [3.8, 4) is 0 Å². The highest BCUT2D eigenvalue weighted by atomic mass is 79.9. The highest BCUT2D eigenvalue weighted by Crippen LogP contribution is 2.28. The van der Waals surface area contributed by atoms with Gasteiger partial charge in [-0.05, 0) is 46.1 Å². The molecule has 0 aliphatic carbocycles. The van der Waals surface area contributed by atoms with Crippen molar-refractivity contribution in [2.75, 3.05) is 26.2 Å². The average Bonchev–Trinajstić information content (AvgIpc) is 2.86. The molecule has 6 heteroatoms. The van der Waals surface area contributed by atoms with Gasteiger partial charge in [-0.3, -0.25) is 9.69 Å². The summed E-state index contributed by atoms with van der Waals surface area (Å²) in [5.41, 5.74) is 2.67. The van der Waals surface area contributed by atoms with E-state index in [9.17, 15) is 9.18 Å². The van der Waals surface area contributed by atoms with Gasteiger partial charge in [0.15, 0.2) is 0 Å². The lowest BCUT2D eigenvalue weighted by Crippen LogP contribution is -2.35. The Bertz CT molecular complexity index is 954. The summed E-state index contributed by atoms with van der Waals surface area (Å²) >= 11 is 3.58. The zero-order chi connectivity index (χ0) is 18.8. The smallest absolute Gasteiger partial charge is 0.271 e. The molecule has 0 bridgehead atoms. The van der Waals surface area contributed by atoms with Crippen LogP contribution in [0.25, 0.3) is 10.9 Å². The number of hydrogen-bond donors (Lipinski definition) is 1. The van der Waals surface area contributed by atoms with Gasteiger partial charge in [-0.15, -0.1) is 0 Å². The fourth-order valence-electron chi connectivity index (χ4n) is 3.59. The second-order valence-electron chi connectivity index (χ2n) is 6.91. The molecule has 27 heavy (non-hydrogen) atoms. The molecule has 0 atom stereocenters. The number of rotatable bonds is 3. The molecule has 3 aromatic rings. The Morgan fingerprint density at radius 3 is 2.59 bits per heavy atom. The van der Waals surface area contributed by atoms with E-state index < -0.39 is 0 Å². The number of nitrogens with one attached hydrogen (secondary N) is 1. The summed E-state index contributed by atoms with van der Waals surface area (Å²) in [5.74, 6) is -0.183. The zero-order valence-corrected chi connectivity index (χ0v) is 16.5. The normalized spacial score (nSPS) is 15.9. The molecule has 4 nitrogen and oxygen atoms in total. The van der Waals surface area contributed by atoms with Gasteiger partial charge < -0.3 is 9.88 Å². The van der Waals surface area contributed by atoms with Crippen molar-refractivity contribution in [1.82, 2.24) is 14.8 Å². The largest absolute Gasteiger partial charge is 0.350 e. The van der Waals surface area contributed by atoms with Crippen molar-refractivity contribution in [2.45, 2.75) is 13.0 Å². The summed E-state index contributed by atoms with van der Waals surface area (Å²) in [5, 5.41) is 1.02. The number of amides is 1. The molecule has 1 fully saturated rings. The lowest BCUT2D eigenvalue weighted by atomic mass is 10.2. The van der Waals surface area contributed by atoms with Crippen molar-refractivity contribution in [3.63, 3.8) is 0 Å². The van der Waals surface area contributed by atoms with Crippen molar-refractivity contribution in [2.24, 2.45) is 0 Å². The Balaban J connectivity index is 1.44. The summed E-state index contributed by atoms with van der Waals surface area (Å²) in [7, 11) is 0. The topological polar surface area (TPSA) is 39.3 Å². The Morgan fingerprint density at radius 1 is 1.04 bits per heavy atom. The van der Waals surface area contributed by atoms with Crippen LogP contribution in [0, 0.1) is 5.82 Å². The van der Waals surface area contributed by atoms with Gasteiger partial charge in [-0.1, -0.05) is 30.3 Å². The Kier molecular flexibility index (Phi) is 5.27. The van der Waals surface area contributed by atoms with Gasteiger partial charge in [0.2, 0.25) is 0 Å². The van der Waals surface area contributed by atoms with Crippen molar-refractivity contribution in [1.29, 1.82) is 0 Å². The molecule has 2 heterocycles. The number of carbonyl (C=O) groups is 1. The van der Waals surface area contributed by atoms with Gasteiger partial charge in [0, 0.05) is 43.6 Å². The first-order valence-electron chi connectivity index (χ1n) is 9.14. The number of aromatic nitrogens is 1. The monoisotopic (exact) mass is 429 g/mol. The molecule has 0 unspecified atom stereocenters. The standard InChI is InChI=1S/C21H21BrFN3O/c22-19-17-4-1-2-5-18(17)24-20(19)21(27)26-11-3-10-25(12-13-26)14-15-6-8-16(23)9-7-15/h1-2,4-9,24H,3,10-14H2. The summed E-state index contributed by atoms with van der Waals surface area (Å²) in [6, 6.07) is 14.5. The highest BCUT2D eigenvalue weighted by Gasteiger charge is 2.24. The quantitative estimate of drug-likeness (QED) is 0.669. The van der Waals surface area contributed by atoms with E-state index in [0.29, 0.717) is 12.2 Å². The molecule has 0 saturated carbocycles. The number of carbonyl (C=O) groups excluding carboxylic acids is 1. The van der Waals surface area contributed by atoms with Gasteiger partial charge in [0.05, 0.1) is 4.47 Å². The summed E-state index contributed by atoms with van der Waals surface area (Å²) < 4.78 is 13.9. The van der Waals surface area contributed by atoms with Crippen LogP contribution in [0.15, 0.2) is 53.0 Å². The minimum Gasteiger partial charge on any atom is -0.350 e. The van der Waals surface area contributed by atoms with Crippen LogP contribution in [-0.4, -0.2) is 46.9 Å². The minimum atomic E-state index is -0.213. The van der Waals surface area contributed by atoms with Gasteiger partial charge in [-0.2, -0.15) is 0 Å². The highest BCUT2D eigenvalue weighted by molar-refractivity contribution is 9.10. The number of benzene rings is 2. The molecule has 0 spiro atoms. The van der Waals surface area contributed by atoms with E-state index in [1.165, 1.54) is 12.1 Å². The third-order valence-electron chi connectivity index (χ3n) is 5.05. The Morgan fingerprint density at radius 2 is 1.81 bits per heavy atom. The molecule has 4 rings (SSSR count). The number of fused-ring (bicyclic) bond motifs is 1. The van der Waals surface area contributed by atoms with Crippen LogP contribution >= 0.6 is 15.9 Å². The van der Waals surface area contributed by atoms with Crippen LogP contribution in [0.2, 0.25) is 0 Å². The number of H-pyrrole nitrogens is 1. The first-order valence-corrected chi connectivity index (χ1v) is 9.93. The SMILES string of the molecule is O=C(c1[nH]c2ccccc2c1Br)N1CCCN(Cc2ccc(F)cc2)CC1. The molecule has 1 aromatic heterocycles. The molecule has 1 aliphatic heterocycles. The van der Waals surface area contributed by atoms with E-state index in [-0.39, 0.29) is 11.7 Å². The number of aromatic amines is 1. The van der Waals surface area contributed by atoms with E-state index >= 15 is 0 Å². The second-order valence-corrected chi connectivity index (χ2v) is 7.70. The molecule has 0 radical (unpaired) electrons. The van der Waals surface area contributed by atoms with Crippen molar-refractivity contribution >= 4 is 32.7 Å². The number of para-hydroxylation sites is 1. The van der Waals surface area contributed by atoms with Gasteiger partial charge in [0.1, 0.15) is 11.5 Å². The van der Waals surface area contributed by atoms with E-state index in [1.807, 2.05) is 41.3 Å². The summed E-state index contributed by atoms with van der Waals surface area (Å²) in [6.45, 7) is 3.93. The first kappa shape index (κ1) is 18.2. The molecular formula is C21H21BrFN3O. The van der Waals surface area contributed by atoms with Crippen LogP contribution < -0.4 is 0 Å². The van der Waals surface area contributed by atoms with Crippen molar-refractivity contribution in [3.05, 3.63) is 70.1 Å². The summed E-state index contributed by atoms with van der Waals surface area (Å²) in [4.78, 5) is 20.5. The number of nitrogens with zero attached hydrogens (tertiary/aromatic N) is 2. The van der Waals surface area contributed by atoms with Gasteiger partial charge in [0.25, 0.3) is 5.91 Å². The first-order chi connectivity index (χ1) is 13.1. The molecule has 1 saturated heterocycles. The Labute approximate surface area is 166 Å². The van der Waals surface area contributed by atoms with Crippen LogP contribution in [0.4, 0.5) is 4.39 Å². The zero-order valence-electron chi connectivity index (χ0n) is 14.9. The third kappa shape index (κ3) is 3.92. The second kappa shape index (κ2) is 7.82. The molecule has 1 N–H and O–H groups in total. The van der Waals surface area contributed by atoms with Crippen LogP contribution in [0.3, 0.4) is 0 Å². The Hall–Kier alpha value is -2.18. The maximum atomic E-state index is 13.1. The van der Waals surface area contributed by atoms with Crippen LogP contribution in [0.5, 0.6) is 0 Å². The van der Waals surface area contributed by atoms with E-state index in [2.05, 4.69) is 25.8 Å². The number of hydrogen-bond acceptors (Lipinski definition) is 2. The van der Waals surface area contributed by atoms with Crippen LogP contribution in [-0.2, 0) is 6.54 Å². The minimum absolute atomic E-state index is 0.0294. The maximum absolute atomic E-state index is 13.1. The molecule has 1 aliphatic rings. The molecule has 2 aromatic carbocycles. The van der Waals surface area contributed by atoms with Gasteiger partial charge in [-0.25, -0.2) is 4.39 Å². The lowest BCUT2D eigenvalue weighted by Gasteiger charge is -2.22. The molecular weight excluding hydrogens is 409 g/mol. The van der Waals surface area contributed by atoms with E-state index in [4.69, 9.17) is 0 Å². The maximum Gasteiger partial charge on any atom is 0.271 e. The average molecular weight is 430 g/mol. The fraction of sp³-hybridized carbons (Fsp3) is 0.286. The van der Waals surface area contributed by atoms with E-state index in [1.54, 1.807) is 0 Å².